The molecule has 0 spiro atoms. The average molecular weight is 460 g/mol. The molecule has 176 valence electrons. The highest BCUT2D eigenvalue weighted by molar-refractivity contribution is 5.79. The van der Waals surface area contributed by atoms with Crippen LogP contribution in [-0.2, 0) is 19.6 Å². The molecule has 1 aliphatic carbocycles. The van der Waals surface area contributed by atoms with Crippen LogP contribution >= 0.6 is 0 Å². The first-order valence-electron chi connectivity index (χ1n) is 11.9. The highest BCUT2D eigenvalue weighted by Gasteiger charge is 2.29. The zero-order valence-electron chi connectivity index (χ0n) is 19.8. The van der Waals surface area contributed by atoms with Crippen molar-refractivity contribution in [2.24, 2.45) is 0 Å². The number of H-pyrrole nitrogens is 1. The maximum Gasteiger partial charge on any atom is 0.257 e. The summed E-state index contributed by atoms with van der Waals surface area (Å²) in [4.78, 5) is 17.3. The molecule has 0 saturated heterocycles. The predicted octanol–water partition coefficient (Wildman–Crippen LogP) is 2.41. The number of aromatic amines is 1. The molecular weight excluding hydrogens is 428 g/mol. The van der Waals surface area contributed by atoms with Crippen LogP contribution < -0.4 is 15.2 Å². The molecule has 2 aromatic carbocycles. The van der Waals surface area contributed by atoms with Crippen molar-refractivity contribution in [3.05, 3.63) is 81.4 Å². The Morgan fingerprint density at radius 1 is 1.09 bits per heavy atom. The number of tetrazole rings is 1. The Bertz CT molecular complexity index is 1320. The summed E-state index contributed by atoms with van der Waals surface area (Å²) in [6.45, 7) is 4.00. The summed E-state index contributed by atoms with van der Waals surface area (Å²) in [5.41, 5.74) is 3.98. The lowest BCUT2D eigenvalue weighted by molar-refractivity contribution is -0.952. The van der Waals surface area contributed by atoms with Crippen molar-refractivity contribution in [1.29, 1.82) is 0 Å². The van der Waals surface area contributed by atoms with Crippen LogP contribution in [0.4, 0.5) is 0 Å². The normalized spacial score (nSPS) is 15.1. The summed E-state index contributed by atoms with van der Waals surface area (Å²) < 4.78 is 7.12. The molecule has 0 bridgehead atoms. The lowest BCUT2D eigenvalue weighted by Gasteiger charge is -2.25. The van der Waals surface area contributed by atoms with Gasteiger partial charge in [0.15, 0.2) is 0 Å². The van der Waals surface area contributed by atoms with Crippen LogP contribution in [0.15, 0.2) is 53.3 Å². The van der Waals surface area contributed by atoms with Gasteiger partial charge in [-0.3, -0.25) is 4.79 Å². The maximum atomic E-state index is 12.9. The molecule has 5 rings (SSSR count). The van der Waals surface area contributed by atoms with Crippen LogP contribution in [0.25, 0.3) is 10.9 Å². The summed E-state index contributed by atoms with van der Waals surface area (Å²) >= 11 is 0. The van der Waals surface area contributed by atoms with Gasteiger partial charge in [0.2, 0.25) is 5.82 Å². The fraction of sp³-hybridized carbons (Fsp3) is 0.385. The van der Waals surface area contributed by atoms with E-state index in [2.05, 4.69) is 39.6 Å². The van der Waals surface area contributed by atoms with Crippen molar-refractivity contribution >= 4 is 10.9 Å². The second-order valence-electron chi connectivity index (χ2n) is 9.31. The van der Waals surface area contributed by atoms with Gasteiger partial charge in [-0.15, -0.1) is 5.10 Å². The quantitative estimate of drug-likeness (QED) is 0.422. The molecular formula is C26H31N6O2+. The Morgan fingerprint density at radius 2 is 1.88 bits per heavy atom. The average Bonchev–Trinajstić information content (AvgIpc) is 3.52. The summed E-state index contributed by atoms with van der Waals surface area (Å²) in [5.74, 6) is 1.67. The number of ether oxygens (including phenoxy) is 1. The smallest absolute Gasteiger partial charge is 0.257 e. The number of fused-ring (bicyclic) bond motifs is 1. The highest BCUT2D eigenvalue weighted by Crippen LogP contribution is 2.17. The van der Waals surface area contributed by atoms with Crippen LogP contribution in [-0.4, -0.2) is 38.3 Å². The molecule has 8 nitrogen and oxygen atoms in total. The molecule has 2 heterocycles. The molecule has 0 aliphatic heterocycles. The van der Waals surface area contributed by atoms with Gasteiger partial charge >= 0.3 is 0 Å². The van der Waals surface area contributed by atoms with Gasteiger partial charge in [0.05, 0.1) is 25.3 Å². The first-order chi connectivity index (χ1) is 16.6. The van der Waals surface area contributed by atoms with Crippen LogP contribution in [0.2, 0.25) is 0 Å². The Kier molecular flexibility index (Phi) is 6.40. The van der Waals surface area contributed by atoms with Crippen molar-refractivity contribution in [3.63, 3.8) is 0 Å². The third-order valence-electron chi connectivity index (χ3n) is 6.91. The van der Waals surface area contributed by atoms with E-state index < -0.39 is 0 Å². The van der Waals surface area contributed by atoms with Crippen molar-refractivity contribution in [3.8, 4) is 5.75 Å². The number of nitrogens with one attached hydrogen (secondary N) is 2. The molecule has 1 fully saturated rings. The number of benzene rings is 2. The van der Waals surface area contributed by atoms with E-state index in [1.54, 1.807) is 7.11 Å². The van der Waals surface area contributed by atoms with Crippen molar-refractivity contribution in [1.82, 2.24) is 25.2 Å². The summed E-state index contributed by atoms with van der Waals surface area (Å²) in [5, 5.41) is 13.6. The van der Waals surface area contributed by atoms with E-state index in [-0.39, 0.29) is 5.56 Å². The Labute approximate surface area is 198 Å². The van der Waals surface area contributed by atoms with Crippen LogP contribution in [0.1, 0.15) is 48.2 Å². The van der Waals surface area contributed by atoms with E-state index in [0.29, 0.717) is 25.7 Å². The number of pyridine rings is 1. The molecule has 1 saturated carbocycles. The Hall–Kier alpha value is -3.52. The van der Waals surface area contributed by atoms with E-state index in [1.807, 2.05) is 41.1 Å². The monoisotopic (exact) mass is 459 g/mol. The van der Waals surface area contributed by atoms with Gasteiger partial charge in [-0.2, -0.15) is 0 Å². The van der Waals surface area contributed by atoms with Crippen molar-refractivity contribution in [2.45, 2.75) is 58.3 Å². The van der Waals surface area contributed by atoms with Gasteiger partial charge in [-0.05, 0) is 84.3 Å². The summed E-state index contributed by atoms with van der Waals surface area (Å²) in [6.07, 6.45) is 4.80. The summed E-state index contributed by atoms with van der Waals surface area (Å²) in [7, 11) is 1.66. The topological polar surface area (TPSA) is 90.1 Å². The highest BCUT2D eigenvalue weighted by atomic mass is 16.5. The van der Waals surface area contributed by atoms with Gasteiger partial charge in [0.1, 0.15) is 18.8 Å². The van der Waals surface area contributed by atoms with Gasteiger partial charge in [0, 0.05) is 5.52 Å². The van der Waals surface area contributed by atoms with E-state index in [0.717, 1.165) is 33.6 Å². The van der Waals surface area contributed by atoms with Crippen molar-refractivity contribution < 1.29 is 9.64 Å². The van der Waals surface area contributed by atoms with Crippen molar-refractivity contribution in [2.75, 3.05) is 7.11 Å². The number of hydrogen-bond donors (Lipinski definition) is 2. The molecule has 34 heavy (non-hydrogen) atoms. The number of aryl methyl sites for hydroxylation is 1. The molecule has 2 aromatic heterocycles. The number of rotatable bonds is 8. The largest absolute Gasteiger partial charge is 0.497 e. The minimum Gasteiger partial charge on any atom is -0.497 e. The second kappa shape index (κ2) is 9.77. The number of nitrogens with zero attached hydrogens (tertiary/aromatic N) is 4. The van der Waals surface area contributed by atoms with Gasteiger partial charge in [-0.1, -0.05) is 23.8 Å². The van der Waals surface area contributed by atoms with Gasteiger partial charge in [0.25, 0.3) is 5.56 Å². The number of quaternary nitrogens is 1. The Morgan fingerprint density at radius 3 is 2.65 bits per heavy atom. The van der Waals surface area contributed by atoms with Gasteiger partial charge in [-0.25, -0.2) is 4.68 Å². The Balaban J connectivity index is 1.40. The number of methoxy groups -OCH3 is 1. The molecule has 1 aliphatic rings. The molecule has 0 amide bonds. The first-order valence-corrected chi connectivity index (χ1v) is 11.9. The predicted molar refractivity (Wildman–Crippen MR) is 130 cm³/mol. The SMILES string of the molecule is COc1ccc(Cn2nnnc2C[NH+](Cc2cc3cc(C)ccc3[nH]c2=O)C2CCCC2)cc1. The fourth-order valence-electron chi connectivity index (χ4n) is 5.01. The molecule has 1 unspecified atom stereocenters. The molecule has 1 atom stereocenters. The van der Waals surface area contributed by atoms with Crippen LogP contribution in [0.5, 0.6) is 5.75 Å². The van der Waals surface area contributed by atoms with Crippen LogP contribution in [0.3, 0.4) is 0 Å². The molecule has 2 N–H and O–H groups in total. The third-order valence-corrected chi connectivity index (χ3v) is 6.91. The van der Waals surface area contributed by atoms with E-state index in [9.17, 15) is 4.79 Å². The number of aromatic nitrogens is 5. The van der Waals surface area contributed by atoms with Crippen LogP contribution in [0, 0.1) is 6.92 Å². The zero-order chi connectivity index (χ0) is 23.5. The first kappa shape index (κ1) is 22.3. The number of hydrogen-bond acceptors (Lipinski definition) is 5. The molecule has 4 aromatic rings. The zero-order valence-corrected chi connectivity index (χ0v) is 19.8. The van der Waals surface area contributed by atoms with Gasteiger partial charge < -0.3 is 14.6 Å². The molecule has 0 radical (unpaired) electrons. The lowest BCUT2D eigenvalue weighted by atomic mass is 10.1. The standard InChI is InChI=1S/C26H30N6O2/c1-18-7-12-24-20(13-18)14-21(26(33)27-24)16-31(22-5-3-4-6-22)17-25-28-29-30-32(25)15-19-8-10-23(34-2)11-9-19/h7-14,22H,3-6,15-17H2,1-2H3,(H,27,33)/p+1. The van der Waals surface area contributed by atoms with E-state index in [4.69, 9.17) is 4.74 Å². The van der Waals surface area contributed by atoms with E-state index in [1.165, 1.54) is 36.1 Å². The maximum absolute atomic E-state index is 12.9. The fourth-order valence-corrected chi connectivity index (χ4v) is 5.01. The minimum atomic E-state index is -0.00956. The molecule has 8 heteroatoms. The lowest BCUT2D eigenvalue weighted by Crippen LogP contribution is -3.13. The summed E-state index contributed by atoms with van der Waals surface area (Å²) in [6, 6.07) is 16.6. The minimum absolute atomic E-state index is 0.00956. The van der Waals surface area contributed by atoms with E-state index >= 15 is 0 Å². The second-order valence-corrected chi connectivity index (χ2v) is 9.31. The third kappa shape index (κ3) is 4.87.